The van der Waals surface area contributed by atoms with Crippen LogP contribution in [0.15, 0.2) is 42.5 Å². The van der Waals surface area contributed by atoms with E-state index in [1.807, 2.05) is 24.3 Å². The lowest BCUT2D eigenvalue weighted by molar-refractivity contribution is -0.112. The number of aromatic amines is 1. The van der Waals surface area contributed by atoms with Crippen LogP contribution >= 0.6 is 0 Å². The fraction of sp³-hybridized carbons (Fsp3) is 0.320. The molecule has 1 aromatic heterocycles. The summed E-state index contributed by atoms with van der Waals surface area (Å²) in [5.74, 6) is -5.00. The maximum Gasteiger partial charge on any atom is 0.257 e. The van der Waals surface area contributed by atoms with Crippen molar-refractivity contribution in [1.82, 2.24) is 9.88 Å². The quantitative estimate of drug-likeness (QED) is 0.385. The van der Waals surface area contributed by atoms with Gasteiger partial charge in [0.25, 0.3) is 5.92 Å². The minimum Gasteiger partial charge on any atom is -0.357 e. The minimum absolute atomic E-state index is 0.187. The number of H-pyrrole nitrogens is 1. The summed E-state index contributed by atoms with van der Waals surface area (Å²) in [5.41, 5.74) is 2.11. The Hall–Kier alpha value is -2.93. The van der Waals surface area contributed by atoms with Crippen LogP contribution in [-0.4, -0.2) is 34.2 Å². The lowest BCUT2D eigenvalue weighted by Gasteiger charge is -2.42. The molecule has 0 amide bonds. The highest BCUT2D eigenvalue weighted by molar-refractivity contribution is 5.91. The monoisotopic (exact) mass is 444 g/mol. The zero-order chi connectivity index (χ0) is 23.2. The third-order valence-electron chi connectivity index (χ3n) is 5.86. The molecule has 0 saturated heterocycles. The summed E-state index contributed by atoms with van der Waals surface area (Å²) in [5, 5.41) is 0.920. The summed E-state index contributed by atoms with van der Waals surface area (Å²) in [7, 11) is 0. The van der Waals surface area contributed by atoms with Crippen molar-refractivity contribution >= 4 is 22.8 Å². The van der Waals surface area contributed by atoms with Crippen LogP contribution in [0.25, 0.3) is 17.0 Å². The number of alkyl halides is 2. The molecule has 7 heteroatoms. The Kier molecular flexibility index (Phi) is 5.71. The van der Waals surface area contributed by atoms with Crippen molar-refractivity contribution in [2.75, 3.05) is 6.54 Å². The number of nitrogens with zero attached hydrogens (tertiary/aromatic N) is 1. The largest absolute Gasteiger partial charge is 0.357 e. The van der Waals surface area contributed by atoms with E-state index >= 15 is 8.78 Å². The van der Waals surface area contributed by atoms with Gasteiger partial charge in [0.2, 0.25) is 0 Å². The normalized spacial score (nSPS) is 19.6. The molecule has 1 aliphatic rings. The first kappa shape index (κ1) is 22.3. The number of carbonyl (C=O) groups excluding carboxylic acids is 1. The molecule has 0 spiro atoms. The number of hydrogen-bond acceptors (Lipinski definition) is 2. The molecule has 2 aromatic carbocycles. The van der Waals surface area contributed by atoms with Gasteiger partial charge in [-0.05, 0) is 55.7 Å². The van der Waals surface area contributed by atoms with Crippen LogP contribution in [0, 0.1) is 11.6 Å². The molecule has 0 aliphatic carbocycles. The number of carbonyl (C=O) groups is 1. The lowest BCUT2D eigenvalue weighted by atomic mass is 9.87. The molecule has 0 fully saturated rings. The van der Waals surface area contributed by atoms with Crippen molar-refractivity contribution in [2.45, 2.75) is 45.2 Å². The third kappa shape index (κ3) is 4.21. The van der Waals surface area contributed by atoms with Gasteiger partial charge in [-0.15, -0.1) is 0 Å². The lowest BCUT2D eigenvalue weighted by Crippen LogP contribution is -2.47. The average molecular weight is 444 g/mol. The molecule has 4 rings (SSSR count). The van der Waals surface area contributed by atoms with Crippen molar-refractivity contribution in [1.29, 1.82) is 0 Å². The summed E-state index contributed by atoms with van der Waals surface area (Å²) >= 11 is 0. The second-order valence-electron chi connectivity index (χ2n) is 8.60. The highest BCUT2D eigenvalue weighted by atomic mass is 19.3. The first-order valence-electron chi connectivity index (χ1n) is 10.5. The molecule has 2 atom stereocenters. The van der Waals surface area contributed by atoms with Crippen molar-refractivity contribution in [3.8, 4) is 0 Å². The SMILES string of the molecule is CC(=O)/C=C/c1cc(F)c(C2c3[nH]c4ccccc4c3C[C@@H](C)N2CC(C)(F)F)c(F)c1. The Morgan fingerprint density at radius 3 is 2.50 bits per heavy atom. The number of nitrogens with one attached hydrogen (secondary N) is 1. The Bertz CT molecular complexity index is 1190. The predicted octanol–water partition coefficient (Wildman–Crippen LogP) is 6.04. The van der Waals surface area contributed by atoms with E-state index in [9.17, 15) is 13.6 Å². The Balaban J connectivity index is 1.92. The van der Waals surface area contributed by atoms with E-state index in [4.69, 9.17) is 0 Å². The van der Waals surface area contributed by atoms with Gasteiger partial charge in [0.05, 0.1) is 12.6 Å². The zero-order valence-electron chi connectivity index (χ0n) is 18.1. The molecule has 1 aliphatic heterocycles. The van der Waals surface area contributed by atoms with E-state index in [1.54, 1.807) is 6.92 Å². The number of allylic oxidation sites excluding steroid dienone is 1. The molecule has 0 radical (unpaired) electrons. The number of rotatable bonds is 5. The van der Waals surface area contributed by atoms with Crippen LogP contribution in [0.2, 0.25) is 0 Å². The Labute approximate surface area is 183 Å². The summed E-state index contributed by atoms with van der Waals surface area (Å²) in [6.45, 7) is 3.29. The number of halogens is 4. The van der Waals surface area contributed by atoms with Gasteiger partial charge in [-0.2, -0.15) is 0 Å². The number of benzene rings is 2. The molecule has 0 bridgehead atoms. The fourth-order valence-electron chi connectivity index (χ4n) is 4.56. The maximum atomic E-state index is 15.3. The van der Waals surface area contributed by atoms with Crippen molar-refractivity contribution in [3.63, 3.8) is 0 Å². The standard InChI is InChI=1S/C25H24F4N2O/c1-14-10-18-17-6-4-5-7-21(17)30-23(18)24(31(14)13-25(3,28)29)22-19(26)11-16(12-20(22)27)9-8-15(2)32/h4-9,11-12,14,24,30H,10,13H2,1-3H3/b9-8+/t14-,24?/m1/s1. The van der Waals surface area contributed by atoms with Gasteiger partial charge in [0, 0.05) is 35.1 Å². The van der Waals surface area contributed by atoms with Gasteiger partial charge >= 0.3 is 0 Å². The van der Waals surface area contributed by atoms with E-state index < -0.39 is 30.1 Å². The first-order chi connectivity index (χ1) is 15.0. The molecule has 32 heavy (non-hydrogen) atoms. The number of fused-ring (bicyclic) bond motifs is 3. The number of ketones is 1. The third-order valence-corrected chi connectivity index (χ3v) is 5.86. The second-order valence-corrected chi connectivity index (χ2v) is 8.60. The number of hydrogen-bond donors (Lipinski definition) is 1. The van der Waals surface area contributed by atoms with Crippen molar-refractivity contribution < 1.29 is 22.4 Å². The van der Waals surface area contributed by atoms with E-state index in [0.29, 0.717) is 12.1 Å². The van der Waals surface area contributed by atoms with E-state index in [0.717, 1.165) is 35.5 Å². The molecule has 168 valence electrons. The molecule has 3 aromatic rings. The van der Waals surface area contributed by atoms with Gasteiger partial charge in [0.15, 0.2) is 5.78 Å². The highest BCUT2D eigenvalue weighted by Gasteiger charge is 2.42. The first-order valence-corrected chi connectivity index (χ1v) is 10.5. The van der Waals surface area contributed by atoms with E-state index in [2.05, 4.69) is 4.98 Å². The number of aromatic nitrogens is 1. The summed E-state index contributed by atoms with van der Waals surface area (Å²) in [4.78, 5) is 15.9. The topological polar surface area (TPSA) is 36.1 Å². The molecular formula is C25H24F4N2O. The average Bonchev–Trinajstić information content (AvgIpc) is 3.05. The molecule has 0 saturated carbocycles. The van der Waals surface area contributed by atoms with Gasteiger partial charge in [-0.25, -0.2) is 17.6 Å². The molecule has 2 heterocycles. The van der Waals surface area contributed by atoms with Gasteiger partial charge in [0.1, 0.15) is 11.6 Å². The van der Waals surface area contributed by atoms with Crippen LogP contribution < -0.4 is 0 Å². The summed E-state index contributed by atoms with van der Waals surface area (Å²) < 4.78 is 58.9. The smallest absolute Gasteiger partial charge is 0.257 e. The van der Waals surface area contributed by atoms with Crippen LogP contribution in [0.3, 0.4) is 0 Å². The second kappa shape index (κ2) is 8.20. The van der Waals surface area contributed by atoms with Gasteiger partial charge in [-0.1, -0.05) is 24.3 Å². The fourth-order valence-corrected chi connectivity index (χ4v) is 4.56. The maximum absolute atomic E-state index is 15.3. The van der Waals surface area contributed by atoms with E-state index in [-0.39, 0.29) is 23.0 Å². The Morgan fingerprint density at radius 2 is 1.88 bits per heavy atom. The van der Waals surface area contributed by atoms with Gasteiger partial charge in [-0.3, -0.25) is 9.69 Å². The van der Waals surface area contributed by atoms with Crippen molar-refractivity contribution in [3.05, 3.63) is 76.5 Å². The van der Waals surface area contributed by atoms with Crippen LogP contribution in [0.1, 0.15) is 49.2 Å². The Morgan fingerprint density at radius 1 is 1.22 bits per heavy atom. The summed E-state index contributed by atoms with van der Waals surface area (Å²) in [6, 6.07) is 8.34. The molecular weight excluding hydrogens is 420 g/mol. The van der Waals surface area contributed by atoms with Crippen LogP contribution in [0.4, 0.5) is 17.6 Å². The molecule has 1 unspecified atom stereocenters. The van der Waals surface area contributed by atoms with Crippen molar-refractivity contribution in [2.24, 2.45) is 0 Å². The van der Waals surface area contributed by atoms with Gasteiger partial charge < -0.3 is 4.98 Å². The zero-order valence-corrected chi connectivity index (χ0v) is 18.1. The van der Waals surface area contributed by atoms with Crippen LogP contribution in [-0.2, 0) is 11.2 Å². The molecule has 3 nitrogen and oxygen atoms in total. The highest BCUT2D eigenvalue weighted by Crippen LogP contribution is 2.43. The minimum atomic E-state index is -3.05. The number of para-hydroxylation sites is 1. The molecule has 1 N–H and O–H groups in total. The predicted molar refractivity (Wildman–Crippen MR) is 117 cm³/mol. The van der Waals surface area contributed by atoms with Crippen LogP contribution in [0.5, 0.6) is 0 Å². The van der Waals surface area contributed by atoms with E-state index in [1.165, 1.54) is 24.0 Å². The summed E-state index contributed by atoms with van der Waals surface area (Å²) in [6.07, 6.45) is 3.03.